The van der Waals surface area contributed by atoms with E-state index < -0.39 is 0 Å². The first-order valence-electron chi connectivity index (χ1n) is 9.09. The van der Waals surface area contributed by atoms with Gasteiger partial charge in [-0.15, -0.1) is 10.2 Å². The number of aromatic nitrogens is 2. The molecular formula is C18H23ClN6O2S. The summed E-state index contributed by atoms with van der Waals surface area (Å²) in [5.41, 5.74) is 1.05. The van der Waals surface area contributed by atoms with Crippen molar-refractivity contribution in [3.63, 3.8) is 0 Å². The smallest absolute Gasteiger partial charge is 0.317 e. The van der Waals surface area contributed by atoms with Crippen molar-refractivity contribution >= 4 is 45.7 Å². The van der Waals surface area contributed by atoms with E-state index >= 15 is 0 Å². The molecule has 3 amide bonds. The minimum Gasteiger partial charge on any atom is -0.368 e. The van der Waals surface area contributed by atoms with Gasteiger partial charge in [-0.25, -0.2) is 4.79 Å². The molecule has 0 radical (unpaired) electrons. The highest BCUT2D eigenvalue weighted by Crippen LogP contribution is 2.22. The number of benzene rings is 1. The number of rotatable bonds is 5. The number of carbonyl (C=O) groups is 2. The Kier molecular flexibility index (Phi) is 6.69. The standard InChI is InChI=1S/C18H23ClN6O2S/c1-12(2)16-22-23-17(28-16)21-15(26)11-20-18(27)25-8-6-24(7-9-25)14-5-3-4-13(19)10-14/h3-5,10,12H,6-9,11H2,1-2H3,(H,20,27)(H,21,23,26). The highest BCUT2D eigenvalue weighted by Gasteiger charge is 2.22. The maximum absolute atomic E-state index is 12.3. The van der Waals surface area contributed by atoms with Gasteiger partial charge in [0, 0.05) is 42.8 Å². The van der Waals surface area contributed by atoms with Gasteiger partial charge in [-0.2, -0.15) is 0 Å². The SMILES string of the molecule is CC(C)c1nnc(NC(=O)CNC(=O)N2CCN(c3cccc(Cl)c3)CC2)s1. The summed E-state index contributed by atoms with van der Waals surface area (Å²) in [5, 5.41) is 15.3. The first kappa shape index (κ1) is 20.3. The van der Waals surface area contributed by atoms with Gasteiger partial charge in [0.1, 0.15) is 5.01 Å². The fraction of sp³-hybridized carbons (Fsp3) is 0.444. The molecule has 2 N–H and O–H groups in total. The van der Waals surface area contributed by atoms with E-state index in [2.05, 4.69) is 25.7 Å². The Morgan fingerprint density at radius 1 is 1.21 bits per heavy atom. The highest BCUT2D eigenvalue weighted by molar-refractivity contribution is 7.15. The van der Waals surface area contributed by atoms with Crippen molar-refractivity contribution in [2.45, 2.75) is 19.8 Å². The summed E-state index contributed by atoms with van der Waals surface area (Å²) >= 11 is 7.38. The average Bonchev–Trinajstić information content (AvgIpc) is 3.15. The van der Waals surface area contributed by atoms with Crippen LogP contribution in [0.3, 0.4) is 0 Å². The van der Waals surface area contributed by atoms with E-state index in [1.165, 1.54) is 11.3 Å². The molecule has 0 aliphatic carbocycles. The summed E-state index contributed by atoms with van der Waals surface area (Å²) in [6.45, 7) is 6.49. The second-order valence-corrected chi connectivity index (χ2v) is 8.21. The predicted molar refractivity (Wildman–Crippen MR) is 111 cm³/mol. The van der Waals surface area contributed by atoms with Crippen LogP contribution < -0.4 is 15.5 Å². The average molecular weight is 423 g/mol. The Labute approximate surface area is 172 Å². The highest BCUT2D eigenvalue weighted by atomic mass is 35.5. The number of halogens is 1. The molecule has 8 nitrogen and oxygen atoms in total. The summed E-state index contributed by atoms with van der Waals surface area (Å²) in [5.74, 6) is -0.0641. The molecule has 2 aromatic rings. The summed E-state index contributed by atoms with van der Waals surface area (Å²) in [7, 11) is 0. The van der Waals surface area contributed by atoms with Gasteiger partial charge in [0.2, 0.25) is 11.0 Å². The maximum Gasteiger partial charge on any atom is 0.317 e. The summed E-state index contributed by atoms with van der Waals surface area (Å²) in [6, 6.07) is 7.42. The first-order chi connectivity index (χ1) is 13.4. The molecule has 1 aliphatic heterocycles. The Morgan fingerprint density at radius 2 is 1.96 bits per heavy atom. The van der Waals surface area contributed by atoms with Crippen molar-refractivity contribution in [2.75, 3.05) is 42.9 Å². The first-order valence-corrected chi connectivity index (χ1v) is 10.3. The van der Waals surface area contributed by atoms with Gasteiger partial charge >= 0.3 is 6.03 Å². The minimum atomic E-state index is -0.322. The van der Waals surface area contributed by atoms with Crippen LogP contribution in [-0.2, 0) is 4.79 Å². The molecule has 28 heavy (non-hydrogen) atoms. The number of amides is 3. The fourth-order valence-corrected chi connectivity index (χ4v) is 3.74. The van der Waals surface area contributed by atoms with Crippen LogP contribution in [0.15, 0.2) is 24.3 Å². The van der Waals surface area contributed by atoms with E-state index in [1.807, 2.05) is 38.1 Å². The van der Waals surface area contributed by atoms with Gasteiger partial charge in [0.25, 0.3) is 0 Å². The van der Waals surface area contributed by atoms with Crippen molar-refractivity contribution in [2.24, 2.45) is 0 Å². The van der Waals surface area contributed by atoms with Crippen molar-refractivity contribution in [1.29, 1.82) is 0 Å². The molecule has 1 fully saturated rings. The van der Waals surface area contributed by atoms with Gasteiger partial charge < -0.3 is 15.1 Å². The zero-order chi connectivity index (χ0) is 20.1. The lowest BCUT2D eigenvalue weighted by Gasteiger charge is -2.36. The molecule has 0 unspecified atom stereocenters. The number of hydrogen-bond acceptors (Lipinski definition) is 6. The third-order valence-corrected chi connectivity index (χ3v) is 5.70. The van der Waals surface area contributed by atoms with E-state index in [9.17, 15) is 9.59 Å². The number of carbonyl (C=O) groups excluding carboxylic acids is 2. The fourth-order valence-electron chi connectivity index (χ4n) is 2.79. The van der Waals surface area contributed by atoms with Crippen molar-refractivity contribution in [3.8, 4) is 0 Å². The van der Waals surface area contributed by atoms with E-state index in [4.69, 9.17) is 11.6 Å². The van der Waals surface area contributed by atoms with E-state index in [1.54, 1.807) is 4.90 Å². The molecule has 10 heteroatoms. The van der Waals surface area contributed by atoms with Crippen molar-refractivity contribution in [1.82, 2.24) is 20.4 Å². The van der Waals surface area contributed by atoms with Crippen molar-refractivity contribution in [3.05, 3.63) is 34.3 Å². The van der Waals surface area contributed by atoms with Gasteiger partial charge in [-0.05, 0) is 18.2 Å². The molecule has 1 aromatic heterocycles. The zero-order valence-electron chi connectivity index (χ0n) is 15.8. The normalized spacial score (nSPS) is 14.3. The predicted octanol–water partition coefficient (Wildman–Crippen LogP) is 2.79. The summed E-state index contributed by atoms with van der Waals surface area (Å²) in [4.78, 5) is 28.2. The molecule has 0 spiro atoms. The lowest BCUT2D eigenvalue weighted by Crippen LogP contribution is -2.52. The maximum atomic E-state index is 12.3. The number of piperazine rings is 1. The van der Waals surface area contributed by atoms with E-state index in [-0.39, 0.29) is 24.4 Å². The van der Waals surface area contributed by atoms with Gasteiger partial charge in [-0.3, -0.25) is 10.1 Å². The minimum absolute atomic E-state index is 0.107. The van der Waals surface area contributed by atoms with Crippen molar-refractivity contribution < 1.29 is 9.59 Å². The molecule has 1 aromatic carbocycles. The molecule has 0 saturated carbocycles. The Balaban J connectivity index is 1.42. The molecule has 1 aliphatic rings. The van der Waals surface area contributed by atoms with Crippen LogP contribution in [0.4, 0.5) is 15.6 Å². The molecule has 3 rings (SSSR count). The van der Waals surface area contributed by atoms with Crippen LogP contribution in [0.1, 0.15) is 24.8 Å². The Hall–Kier alpha value is -2.39. The monoisotopic (exact) mass is 422 g/mol. The molecule has 0 atom stereocenters. The van der Waals surface area contributed by atoms with Crippen LogP contribution >= 0.6 is 22.9 Å². The van der Waals surface area contributed by atoms with Gasteiger partial charge in [0.05, 0.1) is 6.54 Å². The van der Waals surface area contributed by atoms with Crippen LogP contribution in [0, 0.1) is 0 Å². The summed E-state index contributed by atoms with van der Waals surface area (Å²) in [6.07, 6.45) is 0. The molecular weight excluding hydrogens is 400 g/mol. The van der Waals surface area contributed by atoms with Gasteiger partial charge in [0.15, 0.2) is 0 Å². The molecule has 2 heterocycles. The molecule has 1 saturated heterocycles. The second-order valence-electron chi connectivity index (χ2n) is 6.76. The molecule has 150 valence electrons. The van der Waals surface area contributed by atoms with Crippen LogP contribution in [0.2, 0.25) is 5.02 Å². The number of hydrogen-bond donors (Lipinski definition) is 2. The Morgan fingerprint density at radius 3 is 2.61 bits per heavy atom. The van der Waals surface area contributed by atoms with Crippen LogP contribution in [-0.4, -0.2) is 59.8 Å². The number of nitrogens with zero attached hydrogens (tertiary/aromatic N) is 4. The lowest BCUT2D eigenvalue weighted by molar-refractivity contribution is -0.115. The number of anilines is 2. The van der Waals surface area contributed by atoms with E-state index in [0.717, 1.165) is 10.7 Å². The Bertz CT molecular complexity index is 835. The van der Waals surface area contributed by atoms with Crippen LogP contribution in [0.5, 0.6) is 0 Å². The van der Waals surface area contributed by atoms with Crippen LogP contribution in [0.25, 0.3) is 0 Å². The quantitative estimate of drug-likeness (QED) is 0.773. The summed E-state index contributed by atoms with van der Waals surface area (Å²) < 4.78 is 0. The lowest BCUT2D eigenvalue weighted by atomic mass is 10.2. The van der Waals surface area contributed by atoms with Gasteiger partial charge in [-0.1, -0.05) is 42.9 Å². The molecule has 0 bridgehead atoms. The second kappa shape index (κ2) is 9.20. The number of nitrogens with one attached hydrogen (secondary N) is 2. The third kappa shape index (κ3) is 5.32. The van der Waals surface area contributed by atoms with E-state index in [0.29, 0.717) is 36.3 Å². The number of urea groups is 1. The largest absolute Gasteiger partial charge is 0.368 e. The topological polar surface area (TPSA) is 90.5 Å². The third-order valence-electron chi connectivity index (χ3n) is 4.32. The zero-order valence-corrected chi connectivity index (χ0v) is 17.4.